The summed E-state index contributed by atoms with van der Waals surface area (Å²) < 4.78 is 17.4. The lowest BCUT2D eigenvalue weighted by Crippen LogP contribution is -2.10. The summed E-state index contributed by atoms with van der Waals surface area (Å²) in [5.74, 6) is -0.0480. The lowest BCUT2D eigenvalue weighted by atomic mass is 10.1. The molecule has 1 aromatic heterocycles. The number of fused-ring (bicyclic) bond motifs is 1. The summed E-state index contributed by atoms with van der Waals surface area (Å²) in [4.78, 5) is 12.2. The van der Waals surface area contributed by atoms with E-state index in [-0.39, 0.29) is 24.7 Å². The number of ether oxygens (including phenoxy) is 3. The number of methoxy groups -OCH3 is 1. The SMILES string of the molecule is CCOC(=O)c1ccc(-n2cc(C#N)c3cc(O)c(C)cc32)cc1OCOC. The van der Waals surface area contributed by atoms with Gasteiger partial charge in [0.1, 0.15) is 23.1 Å². The Bertz CT molecular complexity index is 1080. The third-order valence-corrected chi connectivity index (χ3v) is 4.31. The number of aryl methyl sites for hydroxylation is 1. The van der Waals surface area contributed by atoms with Crippen LogP contribution in [0.15, 0.2) is 36.5 Å². The first-order valence-electron chi connectivity index (χ1n) is 8.68. The van der Waals surface area contributed by atoms with Crippen LogP contribution in [-0.4, -0.2) is 36.2 Å². The van der Waals surface area contributed by atoms with Crippen molar-refractivity contribution >= 4 is 16.9 Å². The molecule has 28 heavy (non-hydrogen) atoms. The van der Waals surface area contributed by atoms with E-state index in [1.54, 1.807) is 50.4 Å². The van der Waals surface area contributed by atoms with Gasteiger partial charge in [-0.25, -0.2) is 4.79 Å². The summed E-state index contributed by atoms with van der Waals surface area (Å²) in [6.07, 6.45) is 1.68. The van der Waals surface area contributed by atoms with Crippen LogP contribution in [0.4, 0.5) is 0 Å². The van der Waals surface area contributed by atoms with Crippen molar-refractivity contribution in [2.24, 2.45) is 0 Å². The van der Waals surface area contributed by atoms with E-state index in [1.807, 2.05) is 4.57 Å². The molecule has 0 aliphatic rings. The highest BCUT2D eigenvalue weighted by Gasteiger charge is 2.17. The van der Waals surface area contributed by atoms with Crippen LogP contribution in [0.5, 0.6) is 11.5 Å². The smallest absolute Gasteiger partial charge is 0.341 e. The second kappa shape index (κ2) is 8.03. The normalized spacial score (nSPS) is 10.6. The number of phenolic OH excluding ortho intramolecular Hbond substituents is 1. The average Bonchev–Trinajstić information content (AvgIpc) is 3.04. The molecule has 0 bridgehead atoms. The number of carbonyl (C=O) groups excluding carboxylic acids is 1. The fourth-order valence-electron chi connectivity index (χ4n) is 2.95. The van der Waals surface area contributed by atoms with Gasteiger partial charge in [0, 0.05) is 30.4 Å². The maximum atomic E-state index is 12.2. The van der Waals surface area contributed by atoms with Gasteiger partial charge in [-0.1, -0.05) is 0 Å². The Morgan fingerprint density at radius 1 is 1.29 bits per heavy atom. The van der Waals surface area contributed by atoms with Gasteiger partial charge in [-0.3, -0.25) is 0 Å². The zero-order valence-corrected chi connectivity index (χ0v) is 15.9. The van der Waals surface area contributed by atoms with Gasteiger partial charge >= 0.3 is 5.97 Å². The summed E-state index contributed by atoms with van der Waals surface area (Å²) in [7, 11) is 1.49. The minimum Gasteiger partial charge on any atom is -0.508 e. The van der Waals surface area contributed by atoms with E-state index < -0.39 is 5.97 Å². The first kappa shape index (κ1) is 19.3. The predicted molar refractivity (Wildman–Crippen MR) is 103 cm³/mol. The summed E-state index contributed by atoms with van der Waals surface area (Å²) >= 11 is 0. The van der Waals surface area contributed by atoms with Crippen molar-refractivity contribution in [1.82, 2.24) is 4.57 Å². The lowest BCUT2D eigenvalue weighted by Gasteiger charge is -2.13. The first-order valence-corrected chi connectivity index (χ1v) is 8.68. The van der Waals surface area contributed by atoms with Crippen molar-refractivity contribution in [2.75, 3.05) is 20.5 Å². The highest BCUT2D eigenvalue weighted by Crippen LogP contribution is 2.32. The van der Waals surface area contributed by atoms with Crippen LogP contribution in [-0.2, 0) is 9.47 Å². The van der Waals surface area contributed by atoms with Crippen LogP contribution in [0.25, 0.3) is 16.6 Å². The maximum absolute atomic E-state index is 12.2. The molecule has 0 atom stereocenters. The highest BCUT2D eigenvalue weighted by atomic mass is 16.7. The fourth-order valence-corrected chi connectivity index (χ4v) is 2.95. The van der Waals surface area contributed by atoms with Gasteiger partial charge in [0.25, 0.3) is 0 Å². The Labute approximate surface area is 162 Å². The van der Waals surface area contributed by atoms with E-state index in [2.05, 4.69) is 6.07 Å². The molecule has 0 unspecified atom stereocenters. The molecular weight excluding hydrogens is 360 g/mol. The molecule has 7 nitrogen and oxygen atoms in total. The molecule has 0 fully saturated rings. The third kappa shape index (κ3) is 3.50. The largest absolute Gasteiger partial charge is 0.508 e. The number of esters is 1. The van der Waals surface area contributed by atoms with E-state index in [0.717, 1.165) is 5.52 Å². The number of aromatic hydroxyl groups is 1. The third-order valence-electron chi connectivity index (χ3n) is 4.31. The highest BCUT2D eigenvalue weighted by molar-refractivity contribution is 5.93. The number of carbonyl (C=O) groups is 1. The van der Waals surface area contributed by atoms with Crippen LogP contribution in [0, 0.1) is 18.3 Å². The molecule has 0 radical (unpaired) electrons. The monoisotopic (exact) mass is 380 g/mol. The summed E-state index contributed by atoms with van der Waals surface area (Å²) in [6, 6.07) is 10.6. The van der Waals surface area contributed by atoms with Crippen molar-refractivity contribution in [1.29, 1.82) is 5.26 Å². The first-order chi connectivity index (χ1) is 13.5. The summed E-state index contributed by atoms with van der Waals surface area (Å²) in [6.45, 7) is 3.74. The van der Waals surface area contributed by atoms with Gasteiger partial charge in [0.15, 0.2) is 6.79 Å². The second-order valence-electron chi connectivity index (χ2n) is 6.13. The number of nitriles is 1. The maximum Gasteiger partial charge on any atom is 0.341 e. The van der Waals surface area contributed by atoms with Gasteiger partial charge in [-0.15, -0.1) is 0 Å². The van der Waals surface area contributed by atoms with E-state index >= 15 is 0 Å². The van der Waals surface area contributed by atoms with Crippen LogP contribution < -0.4 is 4.74 Å². The number of aromatic nitrogens is 1. The Balaban J connectivity index is 2.17. The quantitative estimate of drug-likeness (QED) is 0.518. The Hall–Kier alpha value is -3.50. The Kier molecular flexibility index (Phi) is 5.52. The van der Waals surface area contributed by atoms with Gasteiger partial charge in [0.2, 0.25) is 0 Å². The number of nitrogens with zero attached hydrogens (tertiary/aromatic N) is 2. The van der Waals surface area contributed by atoms with Crippen LogP contribution in [0.3, 0.4) is 0 Å². The number of phenols is 1. The lowest BCUT2D eigenvalue weighted by molar-refractivity contribution is 0.0438. The van der Waals surface area contributed by atoms with E-state index in [1.165, 1.54) is 7.11 Å². The predicted octanol–water partition coefficient (Wildman–Crippen LogP) is 3.68. The van der Waals surface area contributed by atoms with Crippen LogP contribution >= 0.6 is 0 Å². The summed E-state index contributed by atoms with van der Waals surface area (Å²) in [5, 5.41) is 20.1. The molecule has 0 aliphatic heterocycles. The minimum atomic E-state index is -0.490. The number of hydrogen-bond acceptors (Lipinski definition) is 6. The zero-order valence-electron chi connectivity index (χ0n) is 15.9. The summed E-state index contributed by atoms with van der Waals surface area (Å²) in [5.41, 5.74) is 2.85. The molecule has 0 saturated carbocycles. The van der Waals surface area contributed by atoms with Gasteiger partial charge in [0.05, 0.1) is 17.7 Å². The topological polar surface area (TPSA) is 93.7 Å². The van der Waals surface area contributed by atoms with E-state index in [4.69, 9.17) is 14.2 Å². The standard InChI is InChI=1S/C21H20N2O5/c1-4-27-21(25)16-6-5-15(8-20(16)28-12-26-3)23-11-14(10-22)17-9-19(24)13(2)7-18(17)23/h5-9,11,24H,4,12H2,1-3H3. The molecule has 1 N–H and O–H groups in total. The van der Waals surface area contributed by atoms with Crippen molar-refractivity contribution in [3.8, 4) is 23.3 Å². The Morgan fingerprint density at radius 3 is 2.75 bits per heavy atom. The van der Waals surface area contributed by atoms with Gasteiger partial charge in [-0.2, -0.15) is 5.26 Å². The van der Waals surface area contributed by atoms with Crippen molar-refractivity contribution in [2.45, 2.75) is 13.8 Å². The van der Waals surface area contributed by atoms with Crippen LogP contribution in [0.1, 0.15) is 28.4 Å². The number of rotatable bonds is 6. The van der Waals surface area contributed by atoms with Crippen LogP contribution in [0.2, 0.25) is 0 Å². The van der Waals surface area contributed by atoms with Gasteiger partial charge in [-0.05, 0) is 43.7 Å². The molecule has 2 aromatic carbocycles. The van der Waals surface area contributed by atoms with E-state index in [0.29, 0.717) is 28.0 Å². The fraction of sp³-hybridized carbons (Fsp3) is 0.238. The molecular formula is C21H20N2O5. The molecule has 0 amide bonds. The average molecular weight is 380 g/mol. The molecule has 3 rings (SSSR count). The number of hydrogen-bond donors (Lipinski definition) is 1. The molecule has 0 aliphatic carbocycles. The van der Waals surface area contributed by atoms with Gasteiger partial charge < -0.3 is 23.9 Å². The molecule has 0 spiro atoms. The molecule has 7 heteroatoms. The molecule has 144 valence electrons. The minimum absolute atomic E-state index is 0.0291. The van der Waals surface area contributed by atoms with Crippen molar-refractivity contribution in [3.63, 3.8) is 0 Å². The molecule has 3 aromatic rings. The zero-order chi connectivity index (χ0) is 20.3. The molecule has 1 heterocycles. The van der Waals surface area contributed by atoms with Crippen molar-refractivity contribution < 1.29 is 24.1 Å². The number of benzene rings is 2. The second-order valence-corrected chi connectivity index (χ2v) is 6.13. The molecule has 0 saturated heterocycles. The van der Waals surface area contributed by atoms with E-state index in [9.17, 15) is 15.2 Å². The van der Waals surface area contributed by atoms with Crippen molar-refractivity contribution in [3.05, 3.63) is 53.2 Å². The Morgan fingerprint density at radius 2 is 2.07 bits per heavy atom.